The van der Waals surface area contributed by atoms with Crippen molar-refractivity contribution in [2.75, 3.05) is 5.32 Å². The summed E-state index contributed by atoms with van der Waals surface area (Å²) in [7, 11) is 0. The Labute approximate surface area is 102 Å². The number of guanidine groups is 1. The highest BCUT2D eigenvalue weighted by atomic mass is 32.2. The Morgan fingerprint density at radius 1 is 1.53 bits per heavy atom. The van der Waals surface area contributed by atoms with Crippen LogP contribution in [0.3, 0.4) is 0 Å². The molecule has 1 aliphatic rings. The van der Waals surface area contributed by atoms with E-state index in [1.54, 1.807) is 18.5 Å². The fourth-order valence-corrected chi connectivity index (χ4v) is 1.81. The van der Waals surface area contributed by atoms with Crippen molar-refractivity contribution < 1.29 is 8.78 Å². The van der Waals surface area contributed by atoms with Gasteiger partial charge in [-0.05, 0) is 13.0 Å². The molecule has 7 heteroatoms. The fraction of sp³-hybridized carbons (Fsp3) is 0.400. The number of alkyl halides is 2. The van der Waals surface area contributed by atoms with E-state index in [1.165, 1.54) is 18.9 Å². The van der Waals surface area contributed by atoms with E-state index < -0.39 is 12.0 Å². The highest BCUT2D eigenvalue weighted by molar-refractivity contribution is 7.98. The Morgan fingerprint density at radius 3 is 3.00 bits per heavy atom. The van der Waals surface area contributed by atoms with Crippen molar-refractivity contribution in [2.24, 2.45) is 4.40 Å². The molecule has 0 spiro atoms. The van der Waals surface area contributed by atoms with Crippen LogP contribution >= 0.6 is 11.9 Å². The average molecular weight is 258 g/mol. The maximum Gasteiger partial charge on any atom is 0.264 e. The summed E-state index contributed by atoms with van der Waals surface area (Å²) in [4.78, 5) is 4.82. The van der Waals surface area contributed by atoms with Crippen LogP contribution in [0.4, 0.5) is 14.5 Å². The third-order valence-electron chi connectivity index (χ3n) is 2.39. The van der Waals surface area contributed by atoms with Crippen LogP contribution in [0.2, 0.25) is 0 Å². The van der Waals surface area contributed by atoms with Gasteiger partial charge in [-0.2, -0.15) is 4.40 Å². The monoisotopic (exact) mass is 258 g/mol. The second-order valence-corrected chi connectivity index (χ2v) is 4.66. The summed E-state index contributed by atoms with van der Waals surface area (Å²) in [5, 5.41) is 5.59. The predicted octanol–water partition coefficient (Wildman–Crippen LogP) is 2.50. The average Bonchev–Trinajstić information content (AvgIpc) is 2.27. The number of halogens is 2. The minimum absolute atomic E-state index is 0.336. The molecule has 92 valence electrons. The van der Waals surface area contributed by atoms with E-state index in [1.807, 2.05) is 0 Å². The second kappa shape index (κ2) is 4.48. The highest BCUT2D eigenvalue weighted by Gasteiger charge is 2.31. The largest absolute Gasteiger partial charge is 0.347 e. The van der Waals surface area contributed by atoms with Crippen molar-refractivity contribution in [2.45, 2.75) is 30.7 Å². The molecule has 0 fully saturated rings. The molecule has 2 rings (SSSR count). The molecule has 0 aromatic carbocycles. The van der Waals surface area contributed by atoms with Crippen LogP contribution in [-0.2, 0) is 0 Å². The van der Waals surface area contributed by atoms with Crippen LogP contribution in [-0.4, -0.2) is 22.9 Å². The van der Waals surface area contributed by atoms with Gasteiger partial charge in [-0.25, -0.2) is 8.78 Å². The van der Waals surface area contributed by atoms with E-state index in [2.05, 4.69) is 20.0 Å². The van der Waals surface area contributed by atoms with E-state index in [9.17, 15) is 8.78 Å². The van der Waals surface area contributed by atoms with Gasteiger partial charge in [0.2, 0.25) is 5.96 Å². The van der Waals surface area contributed by atoms with Gasteiger partial charge >= 0.3 is 0 Å². The van der Waals surface area contributed by atoms with Crippen LogP contribution in [0.25, 0.3) is 0 Å². The number of hydrogen-bond acceptors (Lipinski definition) is 5. The Hall–Kier alpha value is -1.37. The van der Waals surface area contributed by atoms with Crippen molar-refractivity contribution >= 4 is 23.6 Å². The normalized spacial score (nSPS) is 16.6. The van der Waals surface area contributed by atoms with Crippen molar-refractivity contribution in [3.05, 3.63) is 18.5 Å². The van der Waals surface area contributed by atoms with Crippen LogP contribution in [0.15, 0.2) is 27.8 Å². The molecule has 0 bridgehead atoms. The number of nitrogens with one attached hydrogen (secondary N) is 2. The summed E-state index contributed by atoms with van der Waals surface area (Å²) in [6.45, 7) is 2.29. The lowest BCUT2D eigenvalue weighted by Gasteiger charge is -2.24. The number of pyridine rings is 1. The van der Waals surface area contributed by atoms with Crippen LogP contribution in [0, 0.1) is 0 Å². The molecule has 0 radical (unpaired) electrons. The molecule has 1 unspecified atom stereocenters. The minimum atomic E-state index is -2.80. The molecule has 0 saturated heterocycles. The molecule has 2 heterocycles. The van der Waals surface area contributed by atoms with E-state index in [4.69, 9.17) is 0 Å². The lowest BCUT2D eigenvalue weighted by atomic mass is 10.2. The smallest absolute Gasteiger partial charge is 0.264 e. The number of nitrogens with zero attached hydrogens (tertiary/aromatic N) is 2. The Bertz CT molecular complexity index is 444. The van der Waals surface area contributed by atoms with Gasteiger partial charge in [-0.1, -0.05) is 0 Å². The lowest BCUT2D eigenvalue weighted by Crippen LogP contribution is -2.46. The summed E-state index contributed by atoms with van der Waals surface area (Å²) in [5.41, 5.74) is 0.814. The van der Waals surface area contributed by atoms with Crippen molar-refractivity contribution in [1.29, 1.82) is 0 Å². The molecule has 0 saturated carbocycles. The quantitative estimate of drug-likeness (QED) is 0.800. The molecule has 0 aliphatic carbocycles. The lowest BCUT2D eigenvalue weighted by molar-refractivity contribution is -0.00598. The van der Waals surface area contributed by atoms with Gasteiger partial charge < -0.3 is 10.6 Å². The number of fused-ring (bicyclic) bond motifs is 1. The number of anilines is 1. The predicted molar refractivity (Wildman–Crippen MR) is 64.4 cm³/mol. The first kappa shape index (κ1) is 12.1. The Morgan fingerprint density at radius 2 is 2.29 bits per heavy atom. The molecule has 1 aliphatic heterocycles. The first-order chi connectivity index (χ1) is 7.97. The van der Waals surface area contributed by atoms with E-state index in [0.717, 1.165) is 17.5 Å². The molecule has 1 aromatic rings. The molecule has 17 heavy (non-hydrogen) atoms. The standard InChI is InChI=1S/C10H12F2N4S/c1-6(10(2,11)12)14-9-15-7-3-4-13-5-8(7)17-16-9/h3-6H,1-2H3,(H2,14,15,16). The summed E-state index contributed by atoms with van der Waals surface area (Å²) in [6.07, 6.45) is 3.30. The number of hydrogen-bond donors (Lipinski definition) is 2. The first-order valence-corrected chi connectivity index (χ1v) is 5.84. The highest BCUT2D eigenvalue weighted by Crippen LogP contribution is 2.30. The maximum atomic E-state index is 13.0. The van der Waals surface area contributed by atoms with Gasteiger partial charge in [0, 0.05) is 31.3 Å². The minimum Gasteiger partial charge on any atom is -0.347 e. The van der Waals surface area contributed by atoms with E-state index in [0.29, 0.717) is 5.96 Å². The van der Waals surface area contributed by atoms with Crippen LogP contribution in [0.1, 0.15) is 13.8 Å². The summed E-state index contributed by atoms with van der Waals surface area (Å²) in [6, 6.07) is 0.783. The zero-order chi connectivity index (χ0) is 12.5. The van der Waals surface area contributed by atoms with Gasteiger partial charge in [-0.15, -0.1) is 0 Å². The Balaban J connectivity index is 2.05. The SMILES string of the molecule is CC(NC1=NSc2cnccc2N1)C(C)(F)F. The Kier molecular flexibility index (Phi) is 3.19. The van der Waals surface area contributed by atoms with Gasteiger partial charge in [0.1, 0.15) is 0 Å². The van der Waals surface area contributed by atoms with Gasteiger partial charge in [0.05, 0.1) is 16.6 Å². The van der Waals surface area contributed by atoms with Crippen molar-refractivity contribution in [3.8, 4) is 0 Å². The molecule has 2 N–H and O–H groups in total. The van der Waals surface area contributed by atoms with Crippen LogP contribution < -0.4 is 10.6 Å². The van der Waals surface area contributed by atoms with Crippen molar-refractivity contribution in [3.63, 3.8) is 0 Å². The van der Waals surface area contributed by atoms with Gasteiger partial charge in [0.25, 0.3) is 5.92 Å². The summed E-state index contributed by atoms with van der Waals surface area (Å²) in [5.74, 6) is -2.46. The zero-order valence-corrected chi connectivity index (χ0v) is 10.2. The third kappa shape index (κ3) is 2.85. The first-order valence-electron chi connectivity index (χ1n) is 5.07. The molecule has 1 aromatic heterocycles. The molecule has 4 nitrogen and oxygen atoms in total. The fourth-order valence-electron chi connectivity index (χ4n) is 1.20. The van der Waals surface area contributed by atoms with Crippen molar-refractivity contribution in [1.82, 2.24) is 10.3 Å². The molecule has 1 atom stereocenters. The molecular weight excluding hydrogens is 246 g/mol. The topological polar surface area (TPSA) is 49.3 Å². The van der Waals surface area contributed by atoms with E-state index in [-0.39, 0.29) is 0 Å². The van der Waals surface area contributed by atoms with E-state index >= 15 is 0 Å². The number of rotatable bonds is 2. The van der Waals surface area contributed by atoms with Gasteiger partial charge in [-0.3, -0.25) is 4.98 Å². The summed E-state index contributed by atoms with van der Waals surface area (Å²) >= 11 is 1.20. The maximum absolute atomic E-state index is 13.0. The number of aromatic nitrogens is 1. The molecular formula is C10H12F2N4S. The second-order valence-electron chi connectivity index (χ2n) is 3.85. The molecule has 0 amide bonds. The third-order valence-corrected chi connectivity index (χ3v) is 3.18. The van der Waals surface area contributed by atoms with Gasteiger partial charge in [0.15, 0.2) is 0 Å². The summed E-state index contributed by atoms with van der Waals surface area (Å²) < 4.78 is 30.1. The van der Waals surface area contributed by atoms with Crippen LogP contribution in [0.5, 0.6) is 0 Å². The zero-order valence-electron chi connectivity index (χ0n) is 9.37.